The summed E-state index contributed by atoms with van der Waals surface area (Å²) in [6.07, 6.45) is -0.223. The summed E-state index contributed by atoms with van der Waals surface area (Å²) in [5.41, 5.74) is -0.880. The molecular weight excluding hydrogens is 596 g/mol. The predicted molar refractivity (Wildman–Crippen MR) is 146 cm³/mol. The lowest BCUT2D eigenvalue weighted by Gasteiger charge is -2.34. The molecule has 2 atom stereocenters. The van der Waals surface area contributed by atoms with Gasteiger partial charge < -0.3 is 45.8 Å². The Morgan fingerprint density at radius 3 is 2.56 bits per heavy atom. The first-order valence-corrected chi connectivity index (χ1v) is 13.2. The fourth-order valence-corrected chi connectivity index (χ4v) is 4.90. The average molecular weight is 622 g/mol. The molecule has 2 aliphatic rings. The number of rotatable bonds is 8. The molecule has 18 heteroatoms. The number of piperazine rings is 1. The van der Waals surface area contributed by atoms with Crippen molar-refractivity contribution in [2.45, 2.75) is 18.4 Å². The van der Waals surface area contributed by atoms with Crippen molar-refractivity contribution < 1.29 is 53.4 Å². The number of imide groups is 1. The SMILES string of the molecule is CNCCN1CCN(C(=O)N[C@@H](C(=O)N[C@H]2Cc3ccc(F)c(C(=O)O)c3OB2O)c2ccc(O)c(O)c2Cl)C(=O)C1=O. The van der Waals surface area contributed by atoms with Gasteiger partial charge in [-0.1, -0.05) is 23.7 Å². The van der Waals surface area contributed by atoms with E-state index in [4.69, 9.17) is 16.3 Å². The summed E-state index contributed by atoms with van der Waals surface area (Å²) in [5, 5.41) is 46.9. The monoisotopic (exact) mass is 621 g/mol. The quantitative estimate of drug-likeness (QED) is 0.112. The van der Waals surface area contributed by atoms with Crippen LogP contribution < -0.4 is 20.6 Å². The van der Waals surface area contributed by atoms with Gasteiger partial charge in [-0.25, -0.2) is 14.0 Å². The Hall–Kier alpha value is -4.61. The fourth-order valence-electron chi connectivity index (χ4n) is 4.63. The van der Waals surface area contributed by atoms with Crippen LogP contribution in [0.1, 0.15) is 27.5 Å². The van der Waals surface area contributed by atoms with Crippen LogP contribution in [0.15, 0.2) is 24.3 Å². The van der Waals surface area contributed by atoms with Crippen LogP contribution in [0, 0.1) is 5.82 Å². The van der Waals surface area contributed by atoms with E-state index in [1.165, 1.54) is 11.0 Å². The number of carbonyl (C=O) groups excluding carboxylic acids is 4. The van der Waals surface area contributed by atoms with E-state index in [1.54, 1.807) is 7.05 Å². The summed E-state index contributed by atoms with van der Waals surface area (Å²) < 4.78 is 19.3. The minimum absolute atomic E-state index is 0.0290. The molecule has 0 spiro atoms. The van der Waals surface area contributed by atoms with Crippen molar-refractivity contribution >= 4 is 48.4 Å². The number of halogens is 2. The van der Waals surface area contributed by atoms with Crippen molar-refractivity contribution in [1.82, 2.24) is 25.8 Å². The normalized spacial score (nSPS) is 17.2. The van der Waals surface area contributed by atoms with Gasteiger partial charge in [0.05, 0.1) is 11.0 Å². The third kappa shape index (κ3) is 6.28. The number of aromatic hydroxyl groups is 2. The second kappa shape index (κ2) is 12.7. The molecule has 0 bridgehead atoms. The first kappa shape index (κ1) is 31.3. The lowest BCUT2D eigenvalue weighted by atomic mass is 9.72. The van der Waals surface area contributed by atoms with Crippen molar-refractivity contribution in [3.05, 3.63) is 51.8 Å². The maximum atomic E-state index is 14.1. The van der Waals surface area contributed by atoms with Gasteiger partial charge in [0.2, 0.25) is 5.91 Å². The Kier molecular flexibility index (Phi) is 9.27. The van der Waals surface area contributed by atoms with Gasteiger partial charge in [0.15, 0.2) is 11.5 Å². The Morgan fingerprint density at radius 2 is 1.88 bits per heavy atom. The number of hydrogen-bond donors (Lipinski definition) is 7. The predicted octanol–water partition coefficient (Wildman–Crippen LogP) is -0.631. The zero-order chi connectivity index (χ0) is 31.6. The number of nitrogens with zero attached hydrogens (tertiary/aromatic N) is 2. The summed E-state index contributed by atoms with van der Waals surface area (Å²) in [7, 11) is -0.196. The maximum absolute atomic E-state index is 14.1. The molecule has 5 amide bonds. The molecular formula is C25H26BClFN5O10. The number of likely N-dealkylation sites (N-methyl/N-ethyl adjacent to an activating group) is 1. The highest BCUT2D eigenvalue weighted by molar-refractivity contribution is 6.47. The Balaban J connectivity index is 1.59. The van der Waals surface area contributed by atoms with E-state index in [9.17, 15) is 48.7 Å². The van der Waals surface area contributed by atoms with E-state index >= 15 is 0 Å². The number of benzene rings is 2. The number of aromatic carboxylic acids is 1. The molecule has 43 heavy (non-hydrogen) atoms. The van der Waals surface area contributed by atoms with E-state index in [2.05, 4.69) is 16.0 Å². The number of carboxylic acids is 1. The number of hydrogen-bond acceptors (Lipinski definition) is 10. The number of fused-ring (bicyclic) bond motifs is 1. The number of amides is 5. The molecule has 228 valence electrons. The molecule has 2 aromatic rings. The Morgan fingerprint density at radius 1 is 1.16 bits per heavy atom. The van der Waals surface area contributed by atoms with E-state index < -0.39 is 82.5 Å². The minimum atomic E-state index is -1.86. The lowest BCUT2D eigenvalue weighted by Crippen LogP contribution is -2.60. The Bertz CT molecular complexity index is 1500. The molecule has 0 saturated carbocycles. The minimum Gasteiger partial charge on any atom is -0.534 e. The standard InChI is InChI=1S/C25H26BClFN5O10/c1-29-6-7-32-8-9-33(23(38)22(32)37)25(41)31-18(12-3-5-14(34)19(35)17(12)27)21(36)30-15-10-11-2-4-13(28)16(24(39)40)20(11)43-26(15)42/h2-5,15,18,29,34-35,42H,6-10H2,1H3,(H,30,36)(H,31,41)(H,39,40)/t15-,18+/m0/s1. The van der Waals surface area contributed by atoms with Gasteiger partial charge in [-0.3, -0.25) is 19.3 Å². The van der Waals surface area contributed by atoms with E-state index in [0.29, 0.717) is 11.4 Å². The highest BCUT2D eigenvalue weighted by atomic mass is 35.5. The summed E-state index contributed by atoms with van der Waals surface area (Å²) in [5.74, 6) is -8.96. The molecule has 0 aliphatic carbocycles. The molecule has 2 aliphatic heterocycles. The van der Waals surface area contributed by atoms with Crippen molar-refractivity contribution in [2.75, 3.05) is 33.2 Å². The van der Waals surface area contributed by atoms with Crippen LogP contribution >= 0.6 is 11.6 Å². The molecule has 7 N–H and O–H groups in total. The van der Waals surface area contributed by atoms with Gasteiger partial charge in [-0.05, 0) is 31.2 Å². The summed E-state index contributed by atoms with van der Waals surface area (Å²) >= 11 is 6.17. The number of nitrogens with one attached hydrogen (secondary N) is 3. The number of carbonyl (C=O) groups is 5. The first-order chi connectivity index (χ1) is 20.3. The van der Waals surface area contributed by atoms with Crippen molar-refractivity contribution in [3.63, 3.8) is 0 Å². The third-order valence-electron chi connectivity index (χ3n) is 6.90. The van der Waals surface area contributed by atoms with Crippen molar-refractivity contribution in [1.29, 1.82) is 0 Å². The largest absolute Gasteiger partial charge is 0.547 e. The van der Waals surface area contributed by atoms with Crippen LogP contribution in [0.4, 0.5) is 9.18 Å². The van der Waals surface area contributed by atoms with Gasteiger partial charge in [0.25, 0.3) is 0 Å². The third-order valence-corrected chi connectivity index (χ3v) is 7.30. The molecule has 15 nitrogen and oxygen atoms in total. The second-order valence-corrected chi connectivity index (χ2v) is 9.99. The van der Waals surface area contributed by atoms with Crippen LogP contribution in [-0.4, -0.2) is 106 Å². The fraction of sp³-hybridized carbons (Fsp3) is 0.320. The topological polar surface area (TPSA) is 218 Å². The van der Waals surface area contributed by atoms with Gasteiger partial charge in [-0.15, -0.1) is 0 Å². The van der Waals surface area contributed by atoms with E-state index in [1.807, 2.05) is 0 Å². The summed E-state index contributed by atoms with van der Waals surface area (Å²) in [4.78, 5) is 65.3. The Labute approximate surface area is 248 Å². The van der Waals surface area contributed by atoms with Crippen molar-refractivity contribution in [2.24, 2.45) is 0 Å². The van der Waals surface area contributed by atoms with E-state index in [0.717, 1.165) is 18.2 Å². The zero-order valence-corrected chi connectivity index (χ0v) is 23.2. The highest BCUT2D eigenvalue weighted by Crippen LogP contribution is 2.38. The van der Waals surface area contributed by atoms with Crippen LogP contribution in [0.3, 0.4) is 0 Å². The summed E-state index contributed by atoms with van der Waals surface area (Å²) in [6, 6.07) is 1.32. The van der Waals surface area contributed by atoms with E-state index in [-0.39, 0.29) is 37.2 Å². The molecule has 1 fully saturated rings. The number of urea groups is 1. The lowest BCUT2D eigenvalue weighted by molar-refractivity contribution is -0.153. The van der Waals surface area contributed by atoms with Gasteiger partial charge >= 0.3 is 30.9 Å². The molecule has 0 radical (unpaired) electrons. The average Bonchev–Trinajstić information content (AvgIpc) is 2.96. The number of phenolic OH excluding ortho intramolecular Hbond substituents is 2. The maximum Gasteiger partial charge on any atom is 0.547 e. The molecule has 2 heterocycles. The molecule has 4 rings (SSSR count). The second-order valence-electron chi connectivity index (χ2n) is 9.61. The van der Waals surface area contributed by atoms with Crippen LogP contribution in [0.5, 0.6) is 17.2 Å². The zero-order valence-electron chi connectivity index (χ0n) is 22.5. The molecule has 0 aromatic heterocycles. The van der Waals surface area contributed by atoms with Gasteiger partial charge in [0.1, 0.15) is 23.2 Å². The summed E-state index contributed by atoms with van der Waals surface area (Å²) in [6.45, 7) is 0.461. The molecule has 1 saturated heterocycles. The number of phenols is 2. The van der Waals surface area contributed by atoms with Crippen LogP contribution in [-0.2, 0) is 20.8 Å². The smallest absolute Gasteiger partial charge is 0.534 e. The first-order valence-electron chi connectivity index (χ1n) is 12.8. The van der Waals surface area contributed by atoms with Crippen molar-refractivity contribution in [3.8, 4) is 17.2 Å². The molecule has 2 aromatic carbocycles. The van der Waals surface area contributed by atoms with Crippen LogP contribution in [0.2, 0.25) is 5.02 Å². The number of carboxylic acid groups (broad SMARTS) is 1. The van der Waals surface area contributed by atoms with Crippen LogP contribution in [0.25, 0.3) is 0 Å². The highest BCUT2D eigenvalue weighted by Gasteiger charge is 2.42. The molecule has 0 unspecified atom stereocenters. The van der Waals surface area contributed by atoms with Gasteiger partial charge in [0, 0.05) is 31.7 Å². The van der Waals surface area contributed by atoms with Gasteiger partial charge in [-0.2, -0.15) is 0 Å².